The predicted octanol–water partition coefficient (Wildman–Crippen LogP) is 1.88. The number of rotatable bonds is 5. The fourth-order valence-corrected chi connectivity index (χ4v) is 1.56. The number of benzene rings is 1. The van der Waals surface area contributed by atoms with Crippen molar-refractivity contribution >= 4 is 0 Å². The number of hydrogen-bond acceptors (Lipinski definition) is 4. The van der Waals surface area contributed by atoms with E-state index in [9.17, 15) is 5.11 Å². The van der Waals surface area contributed by atoms with Crippen LogP contribution in [0.5, 0.6) is 11.5 Å². The summed E-state index contributed by atoms with van der Waals surface area (Å²) in [5.41, 5.74) is 0.792. The van der Waals surface area contributed by atoms with Gasteiger partial charge in [-0.2, -0.15) is 0 Å². The number of fused-ring (bicyclic) bond motifs is 1. The molecule has 1 aliphatic rings. The third-order valence-corrected chi connectivity index (χ3v) is 2.41. The van der Waals surface area contributed by atoms with Gasteiger partial charge in [-0.1, -0.05) is 13.0 Å². The lowest BCUT2D eigenvalue weighted by molar-refractivity contribution is 0.0363. The molecule has 1 aromatic carbocycles. The average Bonchev–Trinajstić information content (AvgIpc) is 2.76. The van der Waals surface area contributed by atoms with Crippen molar-refractivity contribution in [1.29, 1.82) is 0 Å². The van der Waals surface area contributed by atoms with E-state index in [-0.39, 0.29) is 6.79 Å². The summed E-state index contributed by atoms with van der Waals surface area (Å²) in [7, 11) is 0. The first kappa shape index (κ1) is 11.2. The summed E-state index contributed by atoms with van der Waals surface area (Å²) >= 11 is 0. The van der Waals surface area contributed by atoms with E-state index in [0.717, 1.165) is 17.7 Å². The molecule has 0 aliphatic carbocycles. The summed E-state index contributed by atoms with van der Waals surface area (Å²) in [6, 6.07) is 5.43. The molecule has 0 saturated heterocycles. The highest BCUT2D eigenvalue weighted by Gasteiger charge is 2.16. The molecular formula is C12H16O4. The molecule has 1 aromatic rings. The number of ether oxygens (including phenoxy) is 3. The molecule has 4 heteroatoms. The smallest absolute Gasteiger partial charge is 0.231 e. The van der Waals surface area contributed by atoms with E-state index < -0.39 is 6.10 Å². The maximum atomic E-state index is 9.86. The summed E-state index contributed by atoms with van der Waals surface area (Å²) < 4.78 is 15.7. The molecule has 0 bridgehead atoms. The van der Waals surface area contributed by atoms with Crippen LogP contribution in [0, 0.1) is 0 Å². The van der Waals surface area contributed by atoms with E-state index in [1.807, 2.05) is 13.0 Å². The van der Waals surface area contributed by atoms with Crippen molar-refractivity contribution in [3.05, 3.63) is 23.8 Å². The Labute approximate surface area is 94.8 Å². The average molecular weight is 224 g/mol. The summed E-state index contributed by atoms with van der Waals surface area (Å²) in [6.45, 7) is 3.27. The van der Waals surface area contributed by atoms with Crippen LogP contribution in [0.4, 0.5) is 0 Å². The fraction of sp³-hybridized carbons (Fsp3) is 0.500. The molecule has 0 radical (unpaired) electrons. The van der Waals surface area contributed by atoms with Crippen LogP contribution < -0.4 is 9.47 Å². The van der Waals surface area contributed by atoms with Crippen LogP contribution in [0.2, 0.25) is 0 Å². The molecular weight excluding hydrogens is 208 g/mol. The summed E-state index contributed by atoms with van der Waals surface area (Å²) in [5.74, 6) is 1.41. The Bertz CT molecular complexity index is 351. The van der Waals surface area contributed by atoms with E-state index in [2.05, 4.69) is 0 Å². The van der Waals surface area contributed by atoms with E-state index in [0.29, 0.717) is 19.0 Å². The van der Waals surface area contributed by atoms with Gasteiger partial charge in [-0.15, -0.1) is 0 Å². The molecule has 0 saturated carbocycles. The molecule has 1 N–H and O–H groups in total. The Kier molecular flexibility index (Phi) is 3.64. The minimum atomic E-state index is -0.610. The lowest BCUT2D eigenvalue weighted by Crippen LogP contribution is -2.07. The van der Waals surface area contributed by atoms with Crippen molar-refractivity contribution in [2.75, 3.05) is 20.0 Å². The van der Waals surface area contributed by atoms with Gasteiger partial charge in [0.15, 0.2) is 11.5 Å². The molecule has 0 fully saturated rings. The molecule has 88 valence electrons. The summed E-state index contributed by atoms with van der Waals surface area (Å²) in [6.07, 6.45) is 0.342. The minimum absolute atomic E-state index is 0.251. The summed E-state index contributed by atoms with van der Waals surface area (Å²) in [5, 5.41) is 9.86. The minimum Gasteiger partial charge on any atom is -0.454 e. The van der Waals surface area contributed by atoms with Gasteiger partial charge in [0.1, 0.15) is 6.10 Å². The molecule has 1 atom stereocenters. The van der Waals surface area contributed by atoms with Crippen molar-refractivity contribution in [2.45, 2.75) is 19.4 Å². The van der Waals surface area contributed by atoms with E-state index in [1.165, 1.54) is 0 Å². The Morgan fingerprint density at radius 2 is 2.19 bits per heavy atom. The van der Waals surface area contributed by atoms with Crippen molar-refractivity contribution in [3.63, 3.8) is 0 Å². The predicted molar refractivity (Wildman–Crippen MR) is 58.6 cm³/mol. The third kappa shape index (κ3) is 2.46. The molecule has 0 amide bonds. The Morgan fingerprint density at radius 1 is 1.38 bits per heavy atom. The molecule has 0 spiro atoms. The maximum absolute atomic E-state index is 9.86. The van der Waals surface area contributed by atoms with Gasteiger partial charge < -0.3 is 19.3 Å². The molecule has 1 unspecified atom stereocenters. The van der Waals surface area contributed by atoms with Gasteiger partial charge in [0.2, 0.25) is 6.79 Å². The van der Waals surface area contributed by atoms with Gasteiger partial charge in [-0.3, -0.25) is 0 Å². The van der Waals surface area contributed by atoms with Crippen LogP contribution in [0.1, 0.15) is 25.0 Å². The standard InChI is InChI=1S/C12H16O4/c1-2-5-14-7-10(13)9-3-4-11-12(6-9)16-8-15-11/h3-4,6,10,13H,2,5,7-8H2,1H3. The van der Waals surface area contributed by atoms with E-state index in [4.69, 9.17) is 14.2 Å². The van der Waals surface area contributed by atoms with E-state index >= 15 is 0 Å². The fourth-order valence-electron chi connectivity index (χ4n) is 1.56. The summed E-state index contributed by atoms with van der Waals surface area (Å²) in [4.78, 5) is 0. The largest absolute Gasteiger partial charge is 0.454 e. The quantitative estimate of drug-likeness (QED) is 0.776. The second-order valence-corrected chi connectivity index (χ2v) is 3.70. The van der Waals surface area contributed by atoms with Crippen LogP contribution in [0.25, 0.3) is 0 Å². The van der Waals surface area contributed by atoms with Crippen molar-refractivity contribution in [1.82, 2.24) is 0 Å². The second kappa shape index (κ2) is 5.18. The zero-order chi connectivity index (χ0) is 11.4. The zero-order valence-electron chi connectivity index (χ0n) is 9.31. The van der Waals surface area contributed by atoms with Gasteiger partial charge in [0.25, 0.3) is 0 Å². The highest BCUT2D eigenvalue weighted by Crippen LogP contribution is 2.34. The molecule has 16 heavy (non-hydrogen) atoms. The Hall–Kier alpha value is -1.26. The van der Waals surface area contributed by atoms with Gasteiger partial charge >= 0.3 is 0 Å². The van der Waals surface area contributed by atoms with Crippen molar-refractivity contribution in [3.8, 4) is 11.5 Å². The molecule has 4 nitrogen and oxygen atoms in total. The van der Waals surface area contributed by atoms with Crippen LogP contribution >= 0.6 is 0 Å². The SMILES string of the molecule is CCCOCC(O)c1ccc2c(c1)OCO2. The lowest BCUT2D eigenvalue weighted by atomic mass is 10.1. The lowest BCUT2D eigenvalue weighted by Gasteiger charge is -2.11. The van der Waals surface area contributed by atoms with Crippen molar-refractivity contribution < 1.29 is 19.3 Å². The molecule has 2 rings (SSSR count). The van der Waals surface area contributed by atoms with E-state index in [1.54, 1.807) is 12.1 Å². The topological polar surface area (TPSA) is 47.9 Å². The number of aliphatic hydroxyl groups excluding tert-OH is 1. The number of aliphatic hydroxyl groups is 1. The normalized spacial score (nSPS) is 15.1. The van der Waals surface area contributed by atoms with Gasteiger partial charge in [-0.25, -0.2) is 0 Å². The van der Waals surface area contributed by atoms with Crippen LogP contribution in [0.3, 0.4) is 0 Å². The maximum Gasteiger partial charge on any atom is 0.231 e. The van der Waals surface area contributed by atoms with Crippen LogP contribution in [-0.2, 0) is 4.74 Å². The van der Waals surface area contributed by atoms with Gasteiger partial charge in [-0.05, 0) is 24.1 Å². The van der Waals surface area contributed by atoms with Crippen LogP contribution in [0.15, 0.2) is 18.2 Å². The molecule has 0 aromatic heterocycles. The molecule has 1 aliphatic heterocycles. The first-order valence-electron chi connectivity index (χ1n) is 5.46. The van der Waals surface area contributed by atoms with Crippen molar-refractivity contribution in [2.24, 2.45) is 0 Å². The zero-order valence-corrected chi connectivity index (χ0v) is 9.31. The monoisotopic (exact) mass is 224 g/mol. The highest BCUT2D eigenvalue weighted by molar-refractivity contribution is 5.45. The third-order valence-electron chi connectivity index (χ3n) is 2.41. The van der Waals surface area contributed by atoms with Crippen LogP contribution in [-0.4, -0.2) is 25.1 Å². The highest BCUT2D eigenvalue weighted by atomic mass is 16.7. The van der Waals surface area contributed by atoms with Gasteiger partial charge in [0.05, 0.1) is 6.61 Å². The molecule has 1 heterocycles. The first-order valence-corrected chi connectivity index (χ1v) is 5.46. The number of hydrogen-bond donors (Lipinski definition) is 1. The second-order valence-electron chi connectivity index (χ2n) is 3.70. The first-order chi connectivity index (χ1) is 7.81. The Balaban J connectivity index is 1.98. The van der Waals surface area contributed by atoms with Gasteiger partial charge in [0, 0.05) is 6.61 Å². The Morgan fingerprint density at radius 3 is 3.00 bits per heavy atom.